The topological polar surface area (TPSA) is 136 Å². The number of fused-ring (bicyclic) bond motifs is 1. The minimum atomic E-state index is -1.24. The predicted molar refractivity (Wildman–Crippen MR) is 175 cm³/mol. The summed E-state index contributed by atoms with van der Waals surface area (Å²) < 4.78 is 32.5. The number of methoxy groups -OCH3 is 1. The summed E-state index contributed by atoms with van der Waals surface area (Å²) in [6.45, 7) is 0.374. The molecule has 1 aliphatic rings. The molecule has 3 aromatic carbocycles. The van der Waals surface area contributed by atoms with E-state index >= 15 is 4.39 Å². The molecular weight excluding hydrogens is 629 g/mol. The molecule has 0 aliphatic heterocycles. The quantitative estimate of drug-likeness (QED) is 0.0815. The zero-order valence-electron chi connectivity index (χ0n) is 24.4. The monoisotopic (exact) mass is 661 g/mol. The third-order valence-electron chi connectivity index (χ3n) is 7.39. The van der Waals surface area contributed by atoms with E-state index in [0.29, 0.717) is 77.6 Å². The Morgan fingerprint density at radius 1 is 0.913 bits per heavy atom. The van der Waals surface area contributed by atoms with Gasteiger partial charge in [-0.1, -0.05) is 17.7 Å². The van der Waals surface area contributed by atoms with E-state index in [1.165, 1.54) is 25.4 Å². The molecule has 0 radical (unpaired) electrons. The van der Waals surface area contributed by atoms with Crippen molar-refractivity contribution in [3.63, 3.8) is 0 Å². The summed E-state index contributed by atoms with van der Waals surface area (Å²) in [5.74, 6) is -1.39. The summed E-state index contributed by atoms with van der Waals surface area (Å²) in [7, 11) is 1.50. The maximum absolute atomic E-state index is 15.2. The van der Waals surface area contributed by atoms with Crippen LogP contribution in [0.5, 0.6) is 23.0 Å². The zero-order valence-corrected chi connectivity index (χ0v) is 25.2. The number of pyridine rings is 1. The maximum Gasteiger partial charge on any atom is 0.316 e. The molecule has 3 N–H and O–H groups in total. The average Bonchev–Trinajstić information content (AvgIpc) is 3.82. The molecule has 238 valence electrons. The number of hydrogen-bond donors (Lipinski definition) is 3. The lowest BCUT2D eigenvalue weighted by Gasteiger charge is -2.16. The number of anilines is 2. The van der Waals surface area contributed by atoms with E-state index in [-0.39, 0.29) is 40.9 Å². The van der Waals surface area contributed by atoms with E-state index in [0.717, 1.165) is 6.07 Å². The largest absolute Gasteiger partial charge is 0.493 e. The minimum Gasteiger partial charge on any atom is -0.493 e. The number of unbranched alkanes of at least 4 members (excludes halogenated alkanes) is 2. The second kappa shape index (κ2) is 15.4. The smallest absolute Gasteiger partial charge is 0.316 e. The number of halogens is 2. The van der Waals surface area contributed by atoms with Gasteiger partial charge in [-0.05, 0) is 74.6 Å². The van der Waals surface area contributed by atoms with Gasteiger partial charge in [-0.15, -0.1) is 0 Å². The van der Waals surface area contributed by atoms with Crippen LogP contribution in [0.15, 0.2) is 66.9 Å². The number of carbonyl (C=O) groups excluding carboxylic acids is 2. The Balaban J connectivity index is 0.00000480. The fourth-order valence-electron chi connectivity index (χ4n) is 4.76. The van der Waals surface area contributed by atoms with Crippen LogP contribution in [-0.4, -0.2) is 64.6 Å². The van der Waals surface area contributed by atoms with Crippen molar-refractivity contribution >= 4 is 74.7 Å². The lowest BCUT2D eigenvalue weighted by atomic mass is 10.0. The number of carbonyl (C=O) groups is 3. The molecule has 0 bridgehead atoms. The molecule has 46 heavy (non-hydrogen) atoms. The van der Waals surface area contributed by atoms with Crippen molar-refractivity contribution in [2.24, 2.45) is 5.41 Å². The van der Waals surface area contributed by atoms with Gasteiger partial charge in [0.1, 0.15) is 11.2 Å². The molecule has 1 aliphatic carbocycles. The van der Waals surface area contributed by atoms with E-state index in [2.05, 4.69) is 15.6 Å². The first-order chi connectivity index (χ1) is 21.7. The molecule has 4 aromatic rings. The second-order valence-corrected chi connectivity index (χ2v) is 11.1. The van der Waals surface area contributed by atoms with Gasteiger partial charge in [0, 0.05) is 46.5 Å². The third kappa shape index (κ3) is 8.36. The maximum atomic E-state index is 15.2. The molecule has 1 fully saturated rings. The van der Waals surface area contributed by atoms with Gasteiger partial charge < -0.3 is 30.0 Å². The number of rotatable bonds is 14. The Morgan fingerprint density at radius 2 is 1.65 bits per heavy atom. The highest BCUT2D eigenvalue weighted by molar-refractivity contribution is 6.31. The molecule has 1 heterocycles. The summed E-state index contributed by atoms with van der Waals surface area (Å²) >= 11 is 5.99. The van der Waals surface area contributed by atoms with Gasteiger partial charge in [-0.2, -0.15) is 0 Å². The fourth-order valence-corrected chi connectivity index (χ4v) is 4.95. The Kier molecular flexibility index (Phi) is 11.7. The van der Waals surface area contributed by atoms with E-state index in [1.807, 2.05) is 0 Å². The van der Waals surface area contributed by atoms with Crippen molar-refractivity contribution in [2.45, 2.75) is 38.5 Å². The van der Waals surface area contributed by atoms with Crippen LogP contribution < -0.4 is 24.8 Å². The molecule has 0 spiro atoms. The first-order valence-corrected chi connectivity index (χ1v) is 14.7. The number of carboxylic acid groups (broad SMARTS) is 1. The third-order valence-corrected chi connectivity index (χ3v) is 7.63. The normalized spacial score (nSPS) is 12.8. The first-order valence-electron chi connectivity index (χ1n) is 14.4. The van der Waals surface area contributed by atoms with Gasteiger partial charge in [0.05, 0.1) is 19.2 Å². The van der Waals surface area contributed by atoms with E-state index < -0.39 is 29.0 Å². The van der Waals surface area contributed by atoms with Gasteiger partial charge >= 0.3 is 29.0 Å². The van der Waals surface area contributed by atoms with E-state index in [4.69, 9.17) is 30.9 Å². The highest BCUT2D eigenvalue weighted by Gasteiger charge is 2.56. The minimum absolute atomic E-state index is 0. The van der Waals surface area contributed by atoms with Crippen molar-refractivity contribution in [3.8, 4) is 23.0 Å². The van der Waals surface area contributed by atoms with Crippen molar-refractivity contribution in [1.29, 1.82) is 0 Å². The summed E-state index contributed by atoms with van der Waals surface area (Å²) in [5.41, 5.74) is -0.0534. The number of aliphatic carboxylic acids is 1. The fraction of sp³-hybridized carbons (Fsp3) is 0.273. The highest BCUT2D eigenvalue weighted by Crippen LogP contribution is 2.48. The molecule has 1 saturated carbocycles. The Bertz CT molecular complexity index is 1750. The van der Waals surface area contributed by atoms with Gasteiger partial charge in [0.25, 0.3) is 0 Å². The van der Waals surface area contributed by atoms with Crippen LogP contribution in [0.2, 0.25) is 5.02 Å². The van der Waals surface area contributed by atoms with Crippen molar-refractivity contribution in [3.05, 3.63) is 77.7 Å². The van der Waals surface area contributed by atoms with Crippen LogP contribution in [0, 0.1) is 11.2 Å². The standard InChI is InChI=1S/C33H31ClFN3O7.Mg.2H/c1-43-28-18-23-25(19-29(28)44-15-4-2-3-8-30(39)40)36-14-11-26(23)45-27-10-9-22(17-24(27)35)38-32(42)33(12-13-33)31(41)37-21-7-5-6-20(34)16-21;;;/h5-7,9-11,14,16-19H,2-4,8,12-13,15H2,1H3,(H,37,41)(H,38,42)(H,39,40);;;. The Labute approximate surface area is 285 Å². The Morgan fingerprint density at radius 3 is 2.30 bits per heavy atom. The summed E-state index contributed by atoms with van der Waals surface area (Å²) in [6, 6.07) is 15.6. The number of aromatic nitrogens is 1. The molecule has 13 heteroatoms. The molecule has 0 atom stereocenters. The number of nitrogens with zero attached hydrogens (tertiary/aromatic N) is 1. The van der Waals surface area contributed by atoms with E-state index in [9.17, 15) is 14.4 Å². The summed E-state index contributed by atoms with van der Waals surface area (Å²) in [4.78, 5) is 41.0. The van der Waals surface area contributed by atoms with Crippen LogP contribution >= 0.6 is 11.6 Å². The number of nitrogens with one attached hydrogen (secondary N) is 2. The van der Waals surface area contributed by atoms with Crippen LogP contribution in [0.25, 0.3) is 10.9 Å². The molecule has 10 nitrogen and oxygen atoms in total. The number of benzene rings is 3. The van der Waals surface area contributed by atoms with Crippen molar-refractivity contribution < 1.29 is 38.1 Å². The summed E-state index contributed by atoms with van der Waals surface area (Å²) in [5, 5.41) is 15.2. The van der Waals surface area contributed by atoms with Crippen LogP contribution in [0.1, 0.15) is 38.5 Å². The molecule has 0 unspecified atom stereocenters. The molecule has 2 amide bonds. The van der Waals surface area contributed by atoms with Gasteiger partial charge in [-0.3, -0.25) is 19.4 Å². The number of ether oxygens (including phenoxy) is 3. The Hall–Kier alpha value is -4.13. The van der Waals surface area contributed by atoms with Gasteiger partial charge in [0.15, 0.2) is 23.1 Å². The SMILES string of the molecule is COc1cc2c(Oc3ccc(NC(=O)C4(C(=O)Nc5cccc(Cl)c5)CC4)cc3F)ccnc2cc1OCCCCCC(=O)O.[MgH2]. The van der Waals surface area contributed by atoms with Crippen LogP contribution in [0.4, 0.5) is 15.8 Å². The number of hydrogen-bond acceptors (Lipinski definition) is 7. The van der Waals surface area contributed by atoms with Crippen molar-refractivity contribution in [2.75, 3.05) is 24.4 Å². The lowest BCUT2D eigenvalue weighted by Crippen LogP contribution is -2.35. The molecular formula is C33H33ClFMgN3O7. The molecule has 5 rings (SSSR count). The first kappa shape index (κ1) is 34.7. The summed E-state index contributed by atoms with van der Waals surface area (Å²) in [6.07, 6.45) is 4.35. The van der Waals surface area contributed by atoms with E-state index in [1.54, 1.807) is 42.5 Å². The number of carboxylic acids is 1. The zero-order chi connectivity index (χ0) is 32.0. The molecule has 0 saturated heterocycles. The van der Waals surface area contributed by atoms with Crippen LogP contribution in [0.3, 0.4) is 0 Å². The average molecular weight is 662 g/mol. The number of amides is 2. The highest BCUT2D eigenvalue weighted by atomic mass is 35.5. The van der Waals surface area contributed by atoms with Gasteiger partial charge in [-0.25, -0.2) is 4.39 Å². The lowest BCUT2D eigenvalue weighted by molar-refractivity contribution is -0.137. The second-order valence-electron chi connectivity index (χ2n) is 10.6. The predicted octanol–water partition coefficient (Wildman–Crippen LogP) is 6.29. The molecule has 1 aromatic heterocycles. The van der Waals surface area contributed by atoms with Crippen molar-refractivity contribution in [1.82, 2.24) is 4.98 Å². The van der Waals surface area contributed by atoms with Crippen LogP contribution in [-0.2, 0) is 14.4 Å². The van der Waals surface area contributed by atoms with Gasteiger partial charge in [0.2, 0.25) is 11.8 Å².